The largest absolute Gasteiger partial charge is 0.495 e. The van der Waals surface area contributed by atoms with Crippen LogP contribution in [0.4, 0.5) is 5.69 Å². The molecule has 1 aromatic carbocycles. The van der Waals surface area contributed by atoms with E-state index >= 15 is 0 Å². The van der Waals surface area contributed by atoms with Crippen molar-refractivity contribution < 1.29 is 9.84 Å². The molecule has 0 saturated heterocycles. The van der Waals surface area contributed by atoms with Gasteiger partial charge < -0.3 is 20.9 Å². The van der Waals surface area contributed by atoms with Gasteiger partial charge in [-0.25, -0.2) is 0 Å². The molecule has 1 rings (SSSR count). The molecule has 0 radical (unpaired) electrons. The molecule has 0 aliphatic rings. The van der Waals surface area contributed by atoms with Crippen LogP contribution in [0.3, 0.4) is 0 Å². The van der Waals surface area contributed by atoms with Gasteiger partial charge in [0, 0.05) is 6.61 Å². The van der Waals surface area contributed by atoms with Crippen molar-refractivity contribution in [3.63, 3.8) is 0 Å². The van der Waals surface area contributed by atoms with Gasteiger partial charge in [0.2, 0.25) is 0 Å². The molecule has 0 aliphatic carbocycles. The average molecular weight is 238 g/mol. The number of nitrogens with one attached hydrogen (secondary N) is 1. The number of methoxy groups -OCH3 is 1. The van der Waals surface area contributed by atoms with Crippen molar-refractivity contribution in [2.45, 2.75) is 19.3 Å². The minimum atomic E-state index is 0.252. The standard InChI is InChI=1S/C13H22N2O2/c1-17-13-6-5-11(10-12(13)14)4-2-7-15-8-3-9-16/h5-6,10,15-16H,2-4,7-9,14H2,1H3. The van der Waals surface area contributed by atoms with Gasteiger partial charge in [-0.3, -0.25) is 0 Å². The Morgan fingerprint density at radius 3 is 2.71 bits per heavy atom. The molecule has 0 amide bonds. The summed E-state index contributed by atoms with van der Waals surface area (Å²) in [4.78, 5) is 0. The number of aliphatic hydroxyl groups is 1. The highest BCUT2D eigenvalue weighted by Gasteiger charge is 2.00. The lowest BCUT2D eigenvalue weighted by atomic mass is 10.1. The smallest absolute Gasteiger partial charge is 0.141 e. The van der Waals surface area contributed by atoms with Gasteiger partial charge in [-0.15, -0.1) is 0 Å². The van der Waals surface area contributed by atoms with E-state index in [1.54, 1.807) is 7.11 Å². The number of ether oxygens (including phenoxy) is 1. The molecule has 96 valence electrons. The Morgan fingerprint density at radius 1 is 1.29 bits per heavy atom. The van der Waals surface area contributed by atoms with Crippen LogP contribution in [0.5, 0.6) is 5.75 Å². The van der Waals surface area contributed by atoms with Crippen molar-refractivity contribution in [2.75, 3.05) is 32.5 Å². The van der Waals surface area contributed by atoms with Crippen LogP contribution >= 0.6 is 0 Å². The summed E-state index contributed by atoms with van der Waals surface area (Å²) in [6, 6.07) is 5.92. The Hall–Kier alpha value is -1.26. The summed E-state index contributed by atoms with van der Waals surface area (Å²) >= 11 is 0. The molecule has 17 heavy (non-hydrogen) atoms. The molecule has 0 unspecified atom stereocenters. The van der Waals surface area contributed by atoms with Crippen LogP contribution in [0.15, 0.2) is 18.2 Å². The number of benzene rings is 1. The SMILES string of the molecule is COc1ccc(CCCNCCCO)cc1N. The number of nitrogens with two attached hydrogens (primary N) is 1. The van der Waals surface area contributed by atoms with Crippen molar-refractivity contribution in [1.29, 1.82) is 0 Å². The van der Waals surface area contributed by atoms with Crippen molar-refractivity contribution in [1.82, 2.24) is 5.32 Å². The van der Waals surface area contributed by atoms with E-state index in [1.165, 1.54) is 5.56 Å². The van der Waals surface area contributed by atoms with E-state index in [9.17, 15) is 0 Å². The Balaban J connectivity index is 2.25. The summed E-state index contributed by atoms with van der Waals surface area (Å²) in [5.74, 6) is 0.731. The maximum atomic E-state index is 8.61. The lowest BCUT2D eigenvalue weighted by molar-refractivity contribution is 0.286. The van der Waals surface area contributed by atoms with Crippen LogP contribution in [0, 0.1) is 0 Å². The zero-order valence-electron chi connectivity index (χ0n) is 10.4. The fraction of sp³-hybridized carbons (Fsp3) is 0.538. The average Bonchev–Trinajstić information content (AvgIpc) is 2.34. The van der Waals surface area contributed by atoms with Gasteiger partial charge in [0.1, 0.15) is 5.75 Å². The highest BCUT2D eigenvalue weighted by Crippen LogP contribution is 2.22. The van der Waals surface area contributed by atoms with Crippen molar-refractivity contribution in [2.24, 2.45) is 0 Å². The minimum Gasteiger partial charge on any atom is -0.495 e. The fourth-order valence-corrected chi connectivity index (χ4v) is 1.69. The molecule has 0 atom stereocenters. The molecule has 0 bridgehead atoms. The molecule has 1 aromatic rings. The van der Waals surface area contributed by atoms with E-state index in [-0.39, 0.29) is 6.61 Å². The van der Waals surface area contributed by atoms with Crippen molar-refractivity contribution in [3.8, 4) is 5.75 Å². The summed E-state index contributed by atoms with van der Waals surface area (Å²) < 4.78 is 5.11. The first-order valence-electron chi connectivity index (χ1n) is 6.02. The molecular weight excluding hydrogens is 216 g/mol. The number of aryl methyl sites for hydroxylation is 1. The predicted molar refractivity (Wildman–Crippen MR) is 70.3 cm³/mol. The Morgan fingerprint density at radius 2 is 2.06 bits per heavy atom. The molecule has 0 fully saturated rings. The normalized spacial score (nSPS) is 10.5. The molecule has 0 heterocycles. The van der Waals surface area contributed by atoms with Crippen LogP contribution in [-0.2, 0) is 6.42 Å². The van der Waals surface area contributed by atoms with Crippen molar-refractivity contribution in [3.05, 3.63) is 23.8 Å². The molecule has 4 heteroatoms. The molecule has 0 spiro atoms. The lowest BCUT2D eigenvalue weighted by Gasteiger charge is -2.07. The molecule has 4 nitrogen and oxygen atoms in total. The third kappa shape index (κ3) is 5.06. The van der Waals surface area contributed by atoms with E-state index < -0.39 is 0 Å². The zero-order chi connectivity index (χ0) is 12.5. The van der Waals surface area contributed by atoms with E-state index in [1.807, 2.05) is 18.2 Å². The first kappa shape index (κ1) is 13.8. The first-order chi connectivity index (χ1) is 8.27. The zero-order valence-corrected chi connectivity index (χ0v) is 10.4. The number of nitrogen functional groups attached to an aromatic ring is 1. The second kappa shape index (κ2) is 7.92. The number of hydrogen-bond acceptors (Lipinski definition) is 4. The number of rotatable bonds is 8. The Kier molecular flexibility index (Phi) is 6.43. The maximum absolute atomic E-state index is 8.61. The van der Waals surface area contributed by atoms with Gasteiger partial charge in [0.15, 0.2) is 0 Å². The lowest BCUT2D eigenvalue weighted by Crippen LogP contribution is -2.18. The predicted octanol–water partition coefficient (Wildman–Crippen LogP) is 1.18. The van der Waals surface area contributed by atoms with Crippen LogP contribution in [0.1, 0.15) is 18.4 Å². The van der Waals surface area contributed by atoms with Crippen molar-refractivity contribution >= 4 is 5.69 Å². The second-order valence-corrected chi connectivity index (χ2v) is 4.01. The van der Waals surface area contributed by atoms with E-state index in [0.29, 0.717) is 5.69 Å². The summed E-state index contributed by atoms with van der Waals surface area (Å²) in [6.07, 6.45) is 2.88. The van der Waals surface area contributed by atoms with E-state index in [0.717, 1.165) is 38.1 Å². The van der Waals surface area contributed by atoms with Gasteiger partial charge in [-0.05, 0) is 50.0 Å². The van der Waals surface area contributed by atoms with Crippen LogP contribution in [0.25, 0.3) is 0 Å². The quantitative estimate of drug-likeness (QED) is 0.470. The molecule has 4 N–H and O–H groups in total. The minimum absolute atomic E-state index is 0.252. The van der Waals surface area contributed by atoms with Gasteiger partial charge in [0.05, 0.1) is 12.8 Å². The molecular formula is C13H22N2O2. The van der Waals surface area contributed by atoms with Gasteiger partial charge in [-0.1, -0.05) is 6.07 Å². The summed E-state index contributed by atoms with van der Waals surface area (Å²) in [5.41, 5.74) is 7.76. The van der Waals surface area contributed by atoms with Crippen LogP contribution < -0.4 is 15.8 Å². The van der Waals surface area contributed by atoms with Crippen LogP contribution in [-0.4, -0.2) is 31.9 Å². The highest BCUT2D eigenvalue weighted by atomic mass is 16.5. The summed E-state index contributed by atoms with van der Waals surface area (Å²) in [6.45, 7) is 2.09. The van der Waals surface area contributed by atoms with Gasteiger partial charge >= 0.3 is 0 Å². The maximum Gasteiger partial charge on any atom is 0.141 e. The number of hydrogen-bond donors (Lipinski definition) is 3. The third-order valence-electron chi connectivity index (χ3n) is 2.62. The third-order valence-corrected chi connectivity index (χ3v) is 2.62. The second-order valence-electron chi connectivity index (χ2n) is 4.01. The van der Waals surface area contributed by atoms with Crippen LogP contribution in [0.2, 0.25) is 0 Å². The summed E-state index contributed by atoms with van der Waals surface area (Å²) in [5, 5.41) is 11.9. The highest BCUT2D eigenvalue weighted by molar-refractivity contribution is 5.54. The van der Waals surface area contributed by atoms with E-state index in [4.69, 9.17) is 15.6 Å². The first-order valence-corrected chi connectivity index (χ1v) is 6.02. The molecule has 0 aromatic heterocycles. The topological polar surface area (TPSA) is 67.5 Å². The summed E-state index contributed by atoms with van der Waals surface area (Å²) in [7, 11) is 1.62. The number of anilines is 1. The molecule has 0 aliphatic heterocycles. The Bertz CT molecular complexity index is 329. The van der Waals surface area contributed by atoms with Gasteiger partial charge in [-0.2, -0.15) is 0 Å². The van der Waals surface area contributed by atoms with E-state index in [2.05, 4.69) is 5.32 Å². The Labute approximate surface area is 103 Å². The van der Waals surface area contributed by atoms with Gasteiger partial charge in [0.25, 0.3) is 0 Å². The monoisotopic (exact) mass is 238 g/mol. The number of aliphatic hydroxyl groups excluding tert-OH is 1. The molecule has 0 saturated carbocycles. The fourth-order valence-electron chi connectivity index (χ4n) is 1.69.